The molecule has 3 rings (SSSR count). The summed E-state index contributed by atoms with van der Waals surface area (Å²) in [5.74, 6) is -0.324. The minimum Gasteiger partial charge on any atom is -0.494 e. The van der Waals surface area contributed by atoms with Crippen LogP contribution in [0.1, 0.15) is 19.8 Å². The van der Waals surface area contributed by atoms with Gasteiger partial charge in [-0.3, -0.25) is 4.79 Å². The number of carbonyl (C=O) groups excluding carboxylic acids is 1. The van der Waals surface area contributed by atoms with E-state index in [4.69, 9.17) is 4.74 Å². The molecular weight excluding hydrogens is 383 g/mol. The summed E-state index contributed by atoms with van der Waals surface area (Å²) >= 11 is 0. The molecule has 1 saturated heterocycles. The van der Waals surface area contributed by atoms with Gasteiger partial charge in [0.05, 0.1) is 11.5 Å². The van der Waals surface area contributed by atoms with Crippen LogP contribution in [0.5, 0.6) is 5.75 Å². The highest BCUT2D eigenvalue weighted by molar-refractivity contribution is 7.89. The van der Waals surface area contributed by atoms with Gasteiger partial charge in [-0.15, -0.1) is 0 Å². The van der Waals surface area contributed by atoms with E-state index in [1.54, 1.807) is 18.2 Å². The predicted octanol–water partition coefficient (Wildman–Crippen LogP) is 3.26. The third-order valence-electron chi connectivity index (χ3n) is 4.69. The quantitative estimate of drug-likeness (QED) is 0.799. The van der Waals surface area contributed by atoms with Crippen LogP contribution in [-0.4, -0.2) is 38.3 Å². The maximum atomic E-state index is 13.0. The van der Waals surface area contributed by atoms with E-state index in [2.05, 4.69) is 5.32 Å². The Morgan fingerprint density at radius 2 is 1.86 bits per heavy atom. The average molecular weight is 406 g/mol. The number of ether oxygens (including phenoxy) is 1. The van der Waals surface area contributed by atoms with Crippen LogP contribution in [-0.2, 0) is 14.8 Å². The number of nitrogens with zero attached hydrogens (tertiary/aromatic N) is 1. The first-order chi connectivity index (χ1) is 13.4. The molecule has 0 atom stereocenters. The number of carbonyl (C=O) groups is 1. The lowest BCUT2D eigenvalue weighted by Crippen LogP contribution is -2.41. The van der Waals surface area contributed by atoms with Crippen molar-refractivity contribution < 1.29 is 22.3 Å². The average Bonchev–Trinajstić information content (AvgIpc) is 2.70. The van der Waals surface area contributed by atoms with E-state index in [1.807, 2.05) is 6.92 Å². The van der Waals surface area contributed by atoms with Crippen LogP contribution < -0.4 is 10.1 Å². The van der Waals surface area contributed by atoms with E-state index in [-0.39, 0.29) is 35.6 Å². The summed E-state index contributed by atoms with van der Waals surface area (Å²) in [6.07, 6.45) is 0.856. The largest absolute Gasteiger partial charge is 0.494 e. The number of sulfonamides is 1. The maximum absolute atomic E-state index is 13.0. The molecule has 1 aliphatic rings. The van der Waals surface area contributed by atoms with Crippen LogP contribution in [0.15, 0.2) is 53.4 Å². The number of anilines is 1. The fraction of sp³-hybridized carbons (Fsp3) is 0.350. The van der Waals surface area contributed by atoms with Gasteiger partial charge in [-0.2, -0.15) is 4.31 Å². The summed E-state index contributed by atoms with van der Waals surface area (Å²) in [5.41, 5.74) is 0.522. The molecule has 8 heteroatoms. The van der Waals surface area contributed by atoms with Gasteiger partial charge in [-0.25, -0.2) is 12.8 Å². The molecule has 1 heterocycles. The lowest BCUT2D eigenvalue weighted by atomic mass is 9.97. The second-order valence-electron chi connectivity index (χ2n) is 6.58. The molecule has 1 N–H and O–H groups in total. The lowest BCUT2D eigenvalue weighted by molar-refractivity contribution is -0.120. The summed E-state index contributed by atoms with van der Waals surface area (Å²) in [4.78, 5) is 12.6. The molecule has 150 valence electrons. The van der Waals surface area contributed by atoms with Crippen molar-refractivity contribution >= 4 is 21.6 Å². The molecule has 2 aromatic rings. The van der Waals surface area contributed by atoms with E-state index in [0.717, 1.165) is 0 Å². The zero-order valence-corrected chi connectivity index (χ0v) is 16.4. The van der Waals surface area contributed by atoms with Crippen LogP contribution >= 0.6 is 0 Å². The monoisotopic (exact) mass is 406 g/mol. The van der Waals surface area contributed by atoms with Crippen molar-refractivity contribution in [2.45, 2.75) is 24.7 Å². The number of halogens is 1. The van der Waals surface area contributed by atoms with Gasteiger partial charge in [0.1, 0.15) is 11.6 Å². The molecule has 0 radical (unpaired) electrons. The minimum atomic E-state index is -3.64. The van der Waals surface area contributed by atoms with Crippen molar-refractivity contribution in [2.24, 2.45) is 5.92 Å². The lowest BCUT2D eigenvalue weighted by Gasteiger charge is -2.30. The Labute approximate surface area is 164 Å². The molecular formula is C20H23FN2O4S. The van der Waals surface area contributed by atoms with Crippen LogP contribution in [0.3, 0.4) is 0 Å². The van der Waals surface area contributed by atoms with E-state index in [0.29, 0.717) is 30.9 Å². The summed E-state index contributed by atoms with van der Waals surface area (Å²) < 4.78 is 45.5. The molecule has 0 spiro atoms. The highest BCUT2D eigenvalue weighted by atomic mass is 32.2. The number of benzene rings is 2. The van der Waals surface area contributed by atoms with Crippen LogP contribution in [0, 0.1) is 11.7 Å². The van der Waals surface area contributed by atoms with Crippen molar-refractivity contribution in [3.05, 3.63) is 54.3 Å². The number of piperidine rings is 1. The Bertz CT molecular complexity index is 923. The number of hydrogen-bond donors (Lipinski definition) is 1. The molecule has 1 fully saturated rings. The molecule has 2 aromatic carbocycles. The summed E-state index contributed by atoms with van der Waals surface area (Å²) in [6.45, 7) is 2.83. The van der Waals surface area contributed by atoms with Crippen LogP contribution in [0.4, 0.5) is 10.1 Å². The van der Waals surface area contributed by atoms with Crippen LogP contribution in [0.25, 0.3) is 0 Å². The van der Waals surface area contributed by atoms with Crippen LogP contribution in [0.2, 0.25) is 0 Å². The van der Waals surface area contributed by atoms with Gasteiger partial charge in [0.25, 0.3) is 0 Å². The van der Waals surface area contributed by atoms with Crippen molar-refractivity contribution in [1.82, 2.24) is 4.31 Å². The first-order valence-corrected chi connectivity index (χ1v) is 10.6. The van der Waals surface area contributed by atoms with Gasteiger partial charge >= 0.3 is 0 Å². The normalized spacial score (nSPS) is 15.9. The Kier molecular flexibility index (Phi) is 6.31. The second-order valence-corrected chi connectivity index (χ2v) is 8.52. The van der Waals surface area contributed by atoms with Gasteiger partial charge < -0.3 is 10.1 Å². The van der Waals surface area contributed by atoms with Crippen molar-refractivity contribution in [2.75, 3.05) is 25.0 Å². The topological polar surface area (TPSA) is 75.7 Å². The van der Waals surface area contributed by atoms with Gasteiger partial charge in [0.2, 0.25) is 15.9 Å². The molecule has 28 heavy (non-hydrogen) atoms. The third-order valence-corrected chi connectivity index (χ3v) is 6.59. The van der Waals surface area contributed by atoms with Crippen molar-refractivity contribution in [3.8, 4) is 5.75 Å². The van der Waals surface area contributed by atoms with E-state index < -0.39 is 10.0 Å². The minimum absolute atomic E-state index is 0.179. The van der Waals surface area contributed by atoms with Crippen molar-refractivity contribution in [3.63, 3.8) is 0 Å². The third kappa shape index (κ3) is 4.69. The molecule has 1 amide bonds. The molecule has 6 nitrogen and oxygen atoms in total. The number of rotatable bonds is 6. The molecule has 0 bridgehead atoms. The Morgan fingerprint density at radius 3 is 2.50 bits per heavy atom. The first kappa shape index (κ1) is 20.3. The zero-order valence-electron chi connectivity index (χ0n) is 15.6. The smallest absolute Gasteiger partial charge is 0.243 e. The number of amides is 1. The second kappa shape index (κ2) is 8.70. The fourth-order valence-corrected chi connectivity index (χ4v) is 4.68. The summed E-state index contributed by atoms with van der Waals surface area (Å²) in [7, 11) is -3.64. The maximum Gasteiger partial charge on any atom is 0.243 e. The van der Waals surface area contributed by atoms with Gasteiger partial charge in [-0.1, -0.05) is 6.07 Å². The predicted molar refractivity (Wildman–Crippen MR) is 104 cm³/mol. The Hall–Kier alpha value is -2.45. The van der Waals surface area contributed by atoms with Gasteiger partial charge in [0.15, 0.2) is 0 Å². The molecule has 1 aliphatic heterocycles. The Morgan fingerprint density at radius 1 is 1.18 bits per heavy atom. The van der Waals surface area contributed by atoms with E-state index in [1.165, 1.54) is 34.6 Å². The molecule has 0 aromatic heterocycles. The van der Waals surface area contributed by atoms with Gasteiger partial charge in [0, 0.05) is 30.8 Å². The zero-order chi connectivity index (χ0) is 20.1. The molecule has 0 unspecified atom stereocenters. The highest BCUT2D eigenvalue weighted by Crippen LogP contribution is 2.26. The number of hydrogen-bond acceptors (Lipinski definition) is 4. The standard InChI is InChI=1S/C20H23FN2O4S/c1-2-27-18-4-3-5-19(14-18)28(25,26)23-12-10-15(11-13-23)20(24)22-17-8-6-16(21)7-9-17/h3-9,14-15H,2,10-13H2,1H3,(H,22,24). The summed E-state index contributed by atoms with van der Waals surface area (Å²) in [5, 5.41) is 2.76. The fourth-order valence-electron chi connectivity index (χ4n) is 3.18. The van der Waals surface area contributed by atoms with E-state index >= 15 is 0 Å². The van der Waals surface area contributed by atoms with E-state index in [9.17, 15) is 17.6 Å². The molecule has 0 saturated carbocycles. The first-order valence-electron chi connectivity index (χ1n) is 9.19. The molecule has 0 aliphatic carbocycles. The summed E-state index contributed by atoms with van der Waals surface area (Å²) in [6, 6.07) is 12.0. The SMILES string of the molecule is CCOc1cccc(S(=O)(=O)N2CCC(C(=O)Nc3ccc(F)cc3)CC2)c1. The van der Waals surface area contributed by atoms with Crippen molar-refractivity contribution in [1.29, 1.82) is 0 Å². The highest BCUT2D eigenvalue weighted by Gasteiger charge is 2.32. The van der Waals surface area contributed by atoms with Gasteiger partial charge in [-0.05, 0) is 56.2 Å². The Balaban J connectivity index is 1.61. The number of nitrogens with one attached hydrogen (secondary N) is 1.